The van der Waals surface area contributed by atoms with Crippen LogP contribution in [0.25, 0.3) is 0 Å². The van der Waals surface area contributed by atoms with E-state index in [2.05, 4.69) is 29.0 Å². The number of nitrogens with one attached hydrogen (secondary N) is 1. The van der Waals surface area contributed by atoms with Gasteiger partial charge in [-0.3, -0.25) is 0 Å². The second kappa shape index (κ2) is 22.6. The van der Waals surface area contributed by atoms with E-state index in [9.17, 15) is 10.2 Å². The number of hydrogen-bond acceptors (Lipinski definition) is 9. The summed E-state index contributed by atoms with van der Waals surface area (Å²) in [5.41, 5.74) is 0. The molecule has 0 aromatic carbocycles. The molecule has 0 spiro atoms. The number of anilines is 2. The maximum atomic E-state index is 9.70. The molecule has 0 unspecified atom stereocenters. The van der Waals surface area contributed by atoms with Crippen molar-refractivity contribution in [2.75, 3.05) is 68.9 Å². The number of nitrogens with zero attached hydrogens (tertiary/aromatic N) is 5. The maximum Gasteiger partial charge on any atom is 0.230 e. The molecule has 4 N–H and O–H groups in total. The molecular weight excluding hydrogens is 456 g/mol. The zero-order valence-electron chi connectivity index (χ0n) is 23.1. The lowest BCUT2D eigenvalue weighted by molar-refractivity contribution is 0.292. The van der Waals surface area contributed by atoms with Crippen LogP contribution in [0.5, 0.6) is 0 Å². The second-order valence-electron chi connectivity index (χ2n) is 9.53. The van der Waals surface area contributed by atoms with Crippen LogP contribution in [0.3, 0.4) is 0 Å². The maximum absolute atomic E-state index is 9.70. The van der Waals surface area contributed by atoms with Gasteiger partial charge in [-0.1, -0.05) is 65.2 Å². The summed E-state index contributed by atoms with van der Waals surface area (Å²) in [5, 5.41) is 31.5. The first-order chi connectivity index (χ1) is 17.7. The average Bonchev–Trinajstić information content (AvgIpc) is 2.89. The number of hydrogen-bond donors (Lipinski definition) is 4. The van der Waals surface area contributed by atoms with Crippen molar-refractivity contribution >= 4 is 11.9 Å². The molecular formula is C27H54N6O3. The normalized spacial score (nSPS) is 11.2. The highest BCUT2D eigenvalue weighted by Crippen LogP contribution is 2.18. The van der Waals surface area contributed by atoms with Gasteiger partial charge in [0.25, 0.3) is 0 Å². The molecule has 1 aromatic rings. The van der Waals surface area contributed by atoms with Gasteiger partial charge in [0.2, 0.25) is 11.9 Å². The standard InChI is InChI=1S/C27H54N6O3/c1-3-5-7-13-18-32(20-23-35)26-29-25(15-11-9-10-12-16-28-17-22-34)30-27(31-26)33(21-24-36)19-14-8-6-4-2/h28,34-36H,3-24H2,1-2H3. The lowest BCUT2D eigenvalue weighted by Crippen LogP contribution is -2.33. The third-order valence-electron chi connectivity index (χ3n) is 6.32. The molecule has 0 atom stereocenters. The van der Waals surface area contributed by atoms with Crippen LogP contribution < -0.4 is 15.1 Å². The Labute approximate surface area is 219 Å². The van der Waals surface area contributed by atoms with Crippen molar-refractivity contribution in [2.24, 2.45) is 0 Å². The van der Waals surface area contributed by atoms with Gasteiger partial charge in [0.15, 0.2) is 0 Å². The Balaban J connectivity index is 2.94. The molecule has 0 aliphatic carbocycles. The molecule has 0 radical (unpaired) electrons. The van der Waals surface area contributed by atoms with Gasteiger partial charge in [-0.05, 0) is 32.2 Å². The largest absolute Gasteiger partial charge is 0.395 e. The van der Waals surface area contributed by atoms with Gasteiger partial charge in [-0.25, -0.2) is 0 Å². The Hall–Kier alpha value is -1.55. The first-order valence-corrected chi connectivity index (χ1v) is 14.5. The number of aliphatic hydroxyl groups excluding tert-OH is 3. The molecule has 1 rings (SSSR count). The van der Waals surface area contributed by atoms with Crippen molar-refractivity contribution < 1.29 is 15.3 Å². The summed E-state index contributed by atoms with van der Waals surface area (Å²) in [5.74, 6) is 2.08. The summed E-state index contributed by atoms with van der Waals surface area (Å²) < 4.78 is 0. The first-order valence-electron chi connectivity index (χ1n) is 14.5. The molecule has 0 aliphatic heterocycles. The molecule has 9 heteroatoms. The van der Waals surface area contributed by atoms with Gasteiger partial charge >= 0.3 is 0 Å². The van der Waals surface area contributed by atoms with E-state index >= 15 is 0 Å². The highest BCUT2D eigenvalue weighted by molar-refractivity contribution is 5.39. The fourth-order valence-corrected chi connectivity index (χ4v) is 4.20. The summed E-state index contributed by atoms with van der Waals surface area (Å²) in [7, 11) is 0. The van der Waals surface area contributed by atoms with E-state index in [1.165, 1.54) is 25.7 Å². The molecule has 0 amide bonds. The lowest BCUT2D eigenvalue weighted by atomic mass is 10.1. The molecule has 1 heterocycles. The zero-order valence-corrected chi connectivity index (χ0v) is 23.1. The van der Waals surface area contributed by atoms with Crippen LogP contribution in [-0.2, 0) is 6.42 Å². The Kier molecular flexibility index (Phi) is 20.4. The highest BCUT2D eigenvalue weighted by Gasteiger charge is 2.17. The zero-order chi connectivity index (χ0) is 26.3. The summed E-state index contributed by atoms with van der Waals surface area (Å²) in [4.78, 5) is 18.7. The van der Waals surface area contributed by atoms with Crippen molar-refractivity contribution in [3.8, 4) is 0 Å². The Bertz CT molecular complexity index is 597. The van der Waals surface area contributed by atoms with Gasteiger partial charge in [-0.15, -0.1) is 0 Å². The molecule has 0 bridgehead atoms. The van der Waals surface area contributed by atoms with Crippen LogP contribution >= 0.6 is 0 Å². The first kappa shape index (κ1) is 32.5. The van der Waals surface area contributed by atoms with Gasteiger partial charge in [0.1, 0.15) is 5.82 Å². The topological polar surface area (TPSA) is 118 Å². The quantitative estimate of drug-likeness (QED) is 0.147. The monoisotopic (exact) mass is 510 g/mol. The van der Waals surface area contributed by atoms with Crippen LogP contribution in [0.2, 0.25) is 0 Å². The van der Waals surface area contributed by atoms with Crippen LogP contribution in [0, 0.1) is 0 Å². The summed E-state index contributed by atoms with van der Waals surface area (Å²) in [6.07, 6.45) is 14.3. The van der Waals surface area contributed by atoms with Crippen molar-refractivity contribution in [1.82, 2.24) is 20.3 Å². The second-order valence-corrected chi connectivity index (χ2v) is 9.53. The minimum absolute atomic E-state index is 0.0613. The molecule has 9 nitrogen and oxygen atoms in total. The fraction of sp³-hybridized carbons (Fsp3) is 0.889. The smallest absolute Gasteiger partial charge is 0.230 e. The van der Waals surface area contributed by atoms with Crippen molar-refractivity contribution in [3.05, 3.63) is 5.82 Å². The van der Waals surface area contributed by atoms with Gasteiger partial charge in [-0.2, -0.15) is 15.0 Å². The van der Waals surface area contributed by atoms with Crippen molar-refractivity contribution in [3.63, 3.8) is 0 Å². The van der Waals surface area contributed by atoms with E-state index < -0.39 is 0 Å². The number of aromatic nitrogens is 3. The predicted molar refractivity (Wildman–Crippen MR) is 149 cm³/mol. The molecule has 36 heavy (non-hydrogen) atoms. The van der Waals surface area contributed by atoms with E-state index in [0.717, 1.165) is 83.2 Å². The fourth-order valence-electron chi connectivity index (χ4n) is 4.20. The van der Waals surface area contributed by atoms with Crippen molar-refractivity contribution in [1.29, 1.82) is 0 Å². The number of unbranched alkanes of at least 4 members (excludes halogenated alkanes) is 9. The lowest BCUT2D eigenvalue weighted by Gasteiger charge is -2.26. The summed E-state index contributed by atoms with van der Waals surface area (Å²) in [6.45, 7) is 8.96. The van der Waals surface area contributed by atoms with Gasteiger partial charge in [0.05, 0.1) is 19.8 Å². The van der Waals surface area contributed by atoms with Crippen LogP contribution in [0.1, 0.15) is 96.7 Å². The molecule has 0 aliphatic rings. The van der Waals surface area contributed by atoms with E-state index in [1.807, 2.05) is 0 Å². The number of rotatable bonds is 25. The predicted octanol–water partition coefficient (Wildman–Crippen LogP) is 3.31. The van der Waals surface area contributed by atoms with Crippen LogP contribution in [-0.4, -0.2) is 89.4 Å². The summed E-state index contributed by atoms with van der Waals surface area (Å²) >= 11 is 0. The minimum atomic E-state index is 0.0613. The van der Waals surface area contributed by atoms with E-state index in [-0.39, 0.29) is 19.8 Å². The molecule has 210 valence electrons. The average molecular weight is 511 g/mol. The molecule has 0 saturated heterocycles. The van der Waals surface area contributed by atoms with Gasteiger partial charge < -0.3 is 30.4 Å². The van der Waals surface area contributed by atoms with E-state index in [0.29, 0.717) is 31.5 Å². The van der Waals surface area contributed by atoms with E-state index in [1.54, 1.807) is 0 Å². The van der Waals surface area contributed by atoms with Crippen LogP contribution in [0.15, 0.2) is 0 Å². The van der Waals surface area contributed by atoms with Crippen molar-refractivity contribution in [2.45, 2.75) is 97.3 Å². The number of aliphatic hydroxyl groups is 3. The van der Waals surface area contributed by atoms with Gasteiger partial charge in [0, 0.05) is 39.1 Å². The molecule has 0 fully saturated rings. The molecule has 1 aromatic heterocycles. The summed E-state index contributed by atoms with van der Waals surface area (Å²) in [6, 6.07) is 0. The Morgan fingerprint density at radius 3 is 1.58 bits per heavy atom. The third-order valence-corrected chi connectivity index (χ3v) is 6.32. The van der Waals surface area contributed by atoms with Crippen LogP contribution in [0.4, 0.5) is 11.9 Å². The Morgan fingerprint density at radius 2 is 1.08 bits per heavy atom. The minimum Gasteiger partial charge on any atom is -0.395 e. The highest BCUT2D eigenvalue weighted by atomic mass is 16.3. The molecule has 0 saturated carbocycles. The van der Waals surface area contributed by atoms with E-state index in [4.69, 9.17) is 20.1 Å². The Morgan fingerprint density at radius 1 is 0.556 bits per heavy atom. The third kappa shape index (κ3) is 14.9. The SMILES string of the molecule is CCCCCCN(CCO)c1nc(CCCCCCNCCO)nc(N(CCO)CCCCCC)n1. The number of aryl methyl sites for hydroxylation is 1.